The predicted molar refractivity (Wildman–Crippen MR) is 98.9 cm³/mol. The second-order valence-electron chi connectivity index (χ2n) is 6.99. The first-order valence-electron chi connectivity index (χ1n) is 9.48. The summed E-state index contributed by atoms with van der Waals surface area (Å²) < 4.78 is 11.5. The molecule has 5 heteroatoms. The molecular weight excluding hydrogens is 316 g/mol. The van der Waals surface area contributed by atoms with Gasteiger partial charge in [0.25, 0.3) is 0 Å². The van der Waals surface area contributed by atoms with Gasteiger partial charge in [0, 0.05) is 31.9 Å². The molecule has 2 aliphatic rings. The monoisotopic (exact) mass is 346 g/mol. The van der Waals surface area contributed by atoms with Crippen molar-refractivity contribution in [3.8, 4) is 0 Å². The largest absolute Gasteiger partial charge is 0.373 e. The number of para-hydroxylation sites is 1. The van der Waals surface area contributed by atoms with Gasteiger partial charge in [-0.2, -0.15) is 0 Å². The number of amides is 1. The Kier molecular flexibility index (Phi) is 5.97. The third-order valence-electron chi connectivity index (χ3n) is 5.52. The Balaban J connectivity index is 1.57. The minimum atomic E-state index is -0.0603. The number of anilines is 1. The maximum absolute atomic E-state index is 12.1. The van der Waals surface area contributed by atoms with Crippen LogP contribution in [0.3, 0.4) is 0 Å². The molecule has 1 spiro atoms. The zero-order valence-electron chi connectivity index (χ0n) is 15.4. The Labute approximate surface area is 150 Å². The number of hydrogen-bond acceptors (Lipinski definition) is 4. The average Bonchev–Trinajstić information content (AvgIpc) is 3.05. The highest BCUT2D eigenvalue weighted by Gasteiger charge is 2.44. The van der Waals surface area contributed by atoms with Crippen molar-refractivity contribution in [3.63, 3.8) is 0 Å². The first-order valence-corrected chi connectivity index (χ1v) is 9.48. The number of benzene rings is 1. The van der Waals surface area contributed by atoms with Gasteiger partial charge < -0.3 is 19.3 Å². The molecule has 1 atom stereocenters. The molecule has 1 unspecified atom stereocenters. The lowest BCUT2D eigenvalue weighted by Crippen LogP contribution is -2.48. The number of likely N-dealkylation sites (N-methyl/N-ethyl adjacent to an activating group) is 1. The van der Waals surface area contributed by atoms with E-state index >= 15 is 0 Å². The Morgan fingerprint density at radius 3 is 2.64 bits per heavy atom. The highest BCUT2D eigenvalue weighted by atomic mass is 16.5. The maximum atomic E-state index is 12.1. The summed E-state index contributed by atoms with van der Waals surface area (Å²) in [5.41, 5.74) is 1.20. The van der Waals surface area contributed by atoms with Crippen molar-refractivity contribution in [1.29, 1.82) is 0 Å². The van der Waals surface area contributed by atoms with Crippen LogP contribution < -0.4 is 4.90 Å². The third kappa shape index (κ3) is 4.15. The molecule has 1 amide bonds. The molecular formula is C20H30N2O3. The van der Waals surface area contributed by atoms with Gasteiger partial charge in [0.05, 0.1) is 18.2 Å². The van der Waals surface area contributed by atoms with Crippen LogP contribution in [0.1, 0.15) is 33.1 Å². The van der Waals surface area contributed by atoms with Crippen molar-refractivity contribution < 1.29 is 14.3 Å². The Morgan fingerprint density at radius 2 is 2.00 bits per heavy atom. The molecule has 2 heterocycles. The van der Waals surface area contributed by atoms with E-state index in [0.717, 1.165) is 45.5 Å². The summed E-state index contributed by atoms with van der Waals surface area (Å²) in [4.78, 5) is 16.5. The molecule has 2 saturated heterocycles. The van der Waals surface area contributed by atoms with Crippen LogP contribution in [0.15, 0.2) is 30.3 Å². The van der Waals surface area contributed by atoms with Gasteiger partial charge in [-0.25, -0.2) is 0 Å². The number of piperidine rings is 1. The molecule has 0 saturated carbocycles. The topological polar surface area (TPSA) is 42.0 Å². The molecule has 2 aliphatic heterocycles. The summed E-state index contributed by atoms with van der Waals surface area (Å²) in [5.74, 6) is 0.103. The number of carbonyl (C=O) groups is 1. The molecule has 0 N–H and O–H groups in total. The summed E-state index contributed by atoms with van der Waals surface area (Å²) in [7, 11) is 0. The van der Waals surface area contributed by atoms with E-state index in [1.807, 2.05) is 11.8 Å². The van der Waals surface area contributed by atoms with E-state index in [-0.39, 0.29) is 18.1 Å². The fraction of sp³-hybridized carbons (Fsp3) is 0.650. The van der Waals surface area contributed by atoms with Gasteiger partial charge >= 0.3 is 0 Å². The molecule has 0 radical (unpaired) electrons. The van der Waals surface area contributed by atoms with Crippen LogP contribution in [0.2, 0.25) is 0 Å². The van der Waals surface area contributed by atoms with Crippen LogP contribution in [0.25, 0.3) is 0 Å². The lowest BCUT2D eigenvalue weighted by atomic mass is 9.87. The number of ether oxygens (including phenoxy) is 2. The fourth-order valence-electron chi connectivity index (χ4n) is 4.08. The van der Waals surface area contributed by atoms with E-state index in [1.54, 1.807) is 0 Å². The van der Waals surface area contributed by atoms with Crippen molar-refractivity contribution in [2.24, 2.45) is 0 Å². The number of hydrogen-bond donors (Lipinski definition) is 0. The smallest absolute Gasteiger partial charge is 0.248 e. The van der Waals surface area contributed by atoms with Crippen LogP contribution in [0.4, 0.5) is 5.69 Å². The first-order chi connectivity index (χ1) is 12.2. The molecule has 0 aromatic heterocycles. The normalized spacial score (nSPS) is 22.3. The van der Waals surface area contributed by atoms with Crippen molar-refractivity contribution in [3.05, 3.63) is 30.3 Å². The minimum Gasteiger partial charge on any atom is -0.373 e. The lowest BCUT2D eigenvalue weighted by Gasteiger charge is -2.39. The maximum Gasteiger partial charge on any atom is 0.248 e. The van der Waals surface area contributed by atoms with Gasteiger partial charge in [-0.3, -0.25) is 4.79 Å². The molecule has 1 aromatic rings. The SMILES string of the molecule is CCOCC(=O)N1CCC2(CC1)CC(N(CC)c1ccccc1)CO2. The lowest BCUT2D eigenvalue weighted by molar-refractivity contribution is -0.140. The Hall–Kier alpha value is -1.59. The predicted octanol–water partition coefficient (Wildman–Crippen LogP) is 2.70. The molecule has 5 nitrogen and oxygen atoms in total. The standard InChI is InChI=1S/C20H30N2O3/c1-3-22(17-8-6-5-7-9-17)18-14-20(25-15-18)10-12-21(13-11-20)19(23)16-24-4-2/h5-9,18H,3-4,10-16H2,1-2H3. The Morgan fingerprint density at radius 1 is 1.28 bits per heavy atom. The average molecular weight is 346 g/mol. The number of nitrogens with zero attached hydrogens (tertiary/aromatic N) is 2. The summed E-state index contributed by atoms with van der Waals surface area (Å²) >= 11 is 0. The number of rotatable bonds is 6. The molecule has 0 bridgehead atoms. The van der Waals surface area contributed by atoms with Crippen LogP contribution >= 0.6 is 0 Å². The van der Waals surface area contributed by atoms with Gasteiger partial charge in [-0.05, 0) is 45.2 Å². The molecule has 2 fully saturated rings. The third-order valence-corrected chi connectivity index (χ3v) is 5.52. The first kappa shape index (κ1) is 18.2. The van der Waals surface area contributed by atoms with Crippen LogP contribution in [-0.2, 0) is 14.3 Å². The van der Waals surface area contributed by atoms with Crippen LogP contribution in [0.5, 0.6) is 0 Å². The van der Waals surface area contributed by atoms with Crippen LogP contribution in [-0.4, -0.2) is 61.9 Å². The van der Waals surface area contributed by atoms with Crippen molar-refractivity contribution in [1.82, 2.24) is 4.90 Å². The van der Waals surface area contributed by atoms with E-state index in [9.17, 15) is 4.79 Å². The molecule has 3 rings (SSSR count). The molecule has 138 valence electrons. The van der Waals surface area contributed by atoms with E-state index in [4.69, 9.17) is 9.47 Å². The fourth-order valence-corrected chi connectivity index (χ4v) is 4.08. The second kappa shape index (κ2) is 8.19. The van der Waals surface area contributed by atoms with Crippen molar-refractivity contribution in [2.75, 3.05) is 44.4 Å². The highest BCUT2D eigenvalue weighted by molar-refractivity contribution is 5.77. The van der Waals surface area contributed by atoms with Gasteiger partial charge in [0.1, 0.15) is 6.61 Å². The molecule has 25 heavy (non-hydrogen) atoms. The summed E-state index contributed by atoms with van der Waals surface area (Å²) in [6.07, 6.45) is 2.89. The number of likely N-dealkylation sites (tertiary alicyclic amines) is 1. The van der Waals surface area contributed by atoms with E-state index < -0.39 is 0 Å². The summed E-state index contributed by atoms with van der Waals surface area (Å²) in [6, 6.07) is 11.0. The molecule has 1 aromatic carbocycles. The van der Waals surface area contributed by atoms with Crippen molar-refractivity contribution >= 4 is 11.6 Å². The Bertz CT molecular complexity index is 555. The van der Waals surface area contributed by atoms with E-state index in [2.05, 4.69) is 42.2 Å². The summed E-state index contributed by atoms with van der Waals surface area (Å²) in [5, 5.41) is 0. The van der Waals surface area contributed by atoms with Gasteiger partial charge in [-0.1, -0.05) is 18.2 Å². The highest BCUT2D eigenvalue weighted by Crippen LogP contribution is 2.38. The molecule has 0 aliphatic carbocycles. The van der Waals surface area contributed by atoms with Gasteiger partial charge in [0.2, 0.25) is 5.91 Å². The zero-order valence-corrected chi connectivity index (χ0v) is 15.4. The van der Waals surface area contributed by atoms with E-state index in [0.29, 0.717) is 12.6 Å². The number of carbonyl (C=O) groups excluding carboxylic acids is 1. The minimum absolute atomic E-state index is 0.0603. The summed E-state index contributed by atoms with van der Waals surface area (Å²) in [6.45, 7) is 8.20. The van der Waals surface area contributed by atoms with Gasteiger partial charge in [-0.15, -0.1) is 0 Å². The quantitative estimate of drug-likeness (QED) is 0.794. The van der Waals surface area contributed by atoms with Crippen molar-refractivity contribution in [2.45, 2.75) is 44.8 Å². The second-order valence-corrected chi connectivity index (χ2v) is 6.99. The van der Waals surface area contributed by atoms with E-state index in [1.165, 1.54) is 5.69 Å². The zero-order chi connectivity index (χ0) is 17.7. The van der Waals surface area contributed by atoms with Crippen LogP contribution in [0, 0.1) is 0 Å². The van der Waals surface area contributed by atoms with Gasteiger partial charge in [0.15, 0.2) is 0 Å².